The maximum absolute atomic E-state index is 10.5. The van der Waals surface area contributed by atoms with E-state index in [9.17, 15) is 9.59 Å². The molecule has 1 aliphatic rings. The molecule has 110 valence electrons. The third-order valence-corrected chi connectivity index (χ3v) is 1.52. The molecule has 6 nitrogen and oxygen atoms in total. The fraction of sp³-hybridized carbons (Fsp3) is 0.833. The molecular formula is C12H28N2O4. The van der Waals surface area contributed by atoms with E-state index in [0.29, 0.717) is 5.91 Å². The number of likely N-dealkylation sites (tertiary alicyclic amines) is 1. The molecule has 2 N–H and O–H groups in total. The largest absolute Gasteiger partial charge is 0.400 e. The highest BCUT2D eigenvalue weighted by Crippen LogP contribution is 2.04. The van der Waals surface area contributed by atoms with Crippen LogP contribution in [-0.2, 0) is 9.59 Å². The topological polar surface area (TPSA) is 81.1 Å². The standard InChI is InChI=1S/C5H9NO.C3H7NO.C3H8O.CH4O/c1-6-4-2-3-5(6)7;1-4(2)3-5;1-3(2)4;1-2/h2-4H2,1H3;3H,1-2H3;3-4H,1-2H3;2H,1H3. The van der Waals surface area contributed by atoms with E-state index >= 15 is 0 Å². The van der Waals surface area contributed by atoms with Crippen LogP contribution in [0.1, 0.15) is 26.7 Å². The number of aliphatic hydroxyl groups excluding tert-OH is 2. The minimum Gasteiger partial charge on any atom is -0.400 e. The minimum absolute atomic E-state index is 0.167. The van der Waals surface area contributed by atoms with Gasteiger partial charge in [0, 0.05) is 47.3 Å². The van der Waals surface area contributed by atoms with E-state index in [2.05, 4.69) is 0 Å². The summed E-state index contributed by atoms with van der Waals surface area (Å²) in [6, 6.07) is 0. The molecule has 0 aromatic heterocycles. The smallest absolute Gasteiger partial charge is 0.222 e. The van der Waals surface area contributed by atoms with Crippen molar-refractivity contribution in [2.24, 2.45) is 0 Å². The first kappa shape index (κ1) is 22.1. The first-order valence-corrected chi connectivity index (χ1v) is 5.79. The normalized spacial score (nSPS) is 12.5. The summed E-state index contributed by atoms with van der Waals surface area (Å²) in [5.41, 5.74) is 0. The highest BCUT2D eigenvalue weighted by molar-refractivity contribution is 5.77. The van der Waals surface area contributed by atoms with Crippen LogP contribution in [0.25, 0.3) is 0 Å². The maximum Gasteiger partial charge on any atom is 0.222 e. The zero-order valence-electron chi connectivity index (χ0n) is 12.4. The van der Waals surface area contributed by atoms with Crippen LogP contribution in [0.5, 0.6) is 0 Å². The van der Waals surface area contributed by atoms with Crippen LogP contribution in [0.15, 0.2) is 0 Å². The molecule has 18 heavy (non-hydrogen) atoms. The van der Waals surface area contributed by atoms with Crippen LogP contribution in [0.3, 0.4) is 0 Å². The third-order valence-electron chi connectivity index (χ3n) is 1.52. The van der Waals surface area contributed by atoms with Crippen LogP contribution >= 0.6 is 0 Å². The molecule has 1 saturated heterocycles. The Hall–Kier alpha value is -1.14. The average molecular weight is 264 g/mol. The Labute approximate surface area is 110 Å². The number of aliphatic hydroxyl groups is 2. The van der Waals surface area contributed by atoms with E-state index in [0.717, 1.165) is 32.9 Å². The molecule has 0 saturated carbocycles. The molecule has 0 aliphatic carbocycles. The van der Waals surface area contributed by atoms with Gasteiger partial charge in [-0.05, 0) is 20.3 Å². The highest BCUT2D eigenvalue weighted by atomic mass is 16.3. The number of carbonyl (C=O) groups is 2. The molecule has 6 heteroatoms. The summed E-state index contributed by atoms with van der Waals surface area (Å²) >= 11 is 0. The van der Waals surface area contributed by atoms with Crippen molar-refractivity contribution in [3.63, 3.8) is 0 Å². The van der Waals surface area contributed by atoms with Crippen molar-refractivity contribution in [3.8, 4) is 0 Å². The Balaban J connectivity index is -0.000000183. The van der Waals surface area contributed by atoms with Crippen LogP contribution in [0.2, 0.25) is 0 Å². The minimum atomic E-state index is -0.167. The van der Waals surface area contributed by atoms with Crippen molar-refractivity contribution in [1.29, 1.82) is 0 Å². The first-order chi connectivity index (χ1) is 8.31. The van der Waals surface area contributed by atoms with Gasteiger partial charge in [-0.2, -0.15) is 0 Å². The molecule has 1 fully saturated rings. The van der Waals surface area contributed by atoms with Gasteiger partial charge in [-0.15, -0.1) is 0 Å². The summed E-state index contributed by atoms with van der Waals surface area (Å²) in [6.45, 7) is 4.40. The lowest BCUT2D eigenvalue weighted by Gasteiger charge is -2.03. The summed E-state index contributed by atoms with van der Waals surface area (Å²) in [7, 11) is 6.22. The molecule has 0 bridgehead atoms. The number of hydrogen-bond donors (Lipinski definition) is 2. The predicted octanol–water partition coefficient (Wildman–Crippen LogP) is -0.0614. The second-order valence-electron chi connectivity index (χ2n) is 4.08. The average Bonchev–Trinajstić information content (AvgIpc) is 2.66. The molecular weight excluding hydrogens is 236 g/mol. The Morgan fingerprint density at radius 2 is 1.67 bits per heavy atom. The van der Waals surface area contributed by atoms with Crippen molar-refractivity contribution in [3.05, 3.63) is 0 Å². The van der Waals surface area contributed by atoms with E-state index < -0.39 is 0 Å². The summed E-state index contributed by atoms with van der Waals surface area (Å²) in [6.07, 6.45) is 2.39. The monoisotopic (exact) mass is 264 g/mol. The Morgan fingerprint density at radius 1 is 1.33 bits per heavy atom. The Kier molecular flexibility index (Phi) is 19.5. The second kappa shape index (κ2) is 15.9. The van der Waals surface area contributed by atoms with E-state index in [1.807, 2.05) is 7.05 Å². The quantitative estimate of drug-likeness (QED) is 0.650. The predicted molar refractivity (Wildman–Crippen MR) is 72.1 cm³/mol. The number of hydrogen-bond acceptors (Lipinski definition) is 4. The fourth-order valence-electron chi connectivity index (χ4n) is 0.783. The van der Waals surface area contributed by atoms with Crippen molar-refractivity contribution in [2.75, 3.05) is 34.8 Å². The molecule has 0 atom stereocenters. The van der Waals surface area contributed by atoms with E-state index in [4.69, 9.17) is 10.2 Å². The summed E-state index contributed by atoms with van der Waals surface area (Å²) in [5.74, 6) is 0.292. The molecule has 0 radical (unpaired) electrons. The molecule has 1 heterocycles. The van der Waals surface area contributed by atoms with Crippen molar-refractivity contribution in [2.45, 2.75) is 32.8 Å². The zero-order chi connectivity index (χ0) is 15.1. The number of carbonyl (C=O) groups excluding carboxylic acids is 2. The molecule has 0 aromatic carbocycles. The molecule has 2 amide bonds. The Morgan fingerprint density at radius 3 is 1.72 bits per heavy atom. The SMILES string of the molecule is CC(C)O.CN(C)C=O.CN1CCCC1=O.CO. The van der Waals surface area contributed by atoms with Gasteiger partial charge in [-0.1, -0.05) is 0 Å². The van der Waals surface area contributed by atoms with Crippen LogP contribution in [-0.4, -0.2) is 73.2 Å². The summed E-state index contributed by atoms with van der Waals surface area (Å²) in [4.78, 5) is 23.1. The second-order valence-corrected chi connectivity index (χ2v) is 4.08. The molecule has 1 aliphatic heterocycles. The van der Waals surface area contributed by atoms with Crippen molar-refractivity contribution >= 4 is 12.3 Å². The fourth-order valence-corrected chi connectivity index (χ4v) is 0.783. The zero-order valence-corrected chi connectivity index (χ0v) is 12.4. The van der Waals surface area contributed by atoms with Gasteiger partial charge in [-0.25, -0.2) is 0 Å². The third kappa shape index (κ3) is 24.2. The van der Waals surface area contributed by atoms with Gasteiger partial charge >= 0.3 is 0 Å². The maximum atomic E-state index is 10.5. The lowest BCUT2D eigenvalue weighted by molar-refractivity contribution is -0.126. The Bertz CT molecular complexity index is 194. The van der Waals surface area contributed by atoms with Crippen molar-refractivity contribution in [1.82, 2.24) is 9.80 Å². The number of amides is 2. The van der Waals surface area contributed by atoms with Crippen LogP contribution in [0.4, 0.5) is 0 Å². The van der Waals surface area contributed by atoms with Gasteiger partial charge in [0.2, 0.25) is 12.3 Å². The van der Waals surface area contributed by atoms with Gasteiger partial charge in [0.05, 0.1) is 0 Å². The molecule has 1 rings (SSSR count). The lowest BCUT2D eigenvalue weighted by atomic mass is 10.4. The van der Waals surface area contributed by atoms with Crippen LogP contribution in [0, 0.1) is 0 Å². The van der Waals surface area contributed by atoms with Gasteiger partial charge in [0.25, 0.3) is 0 Å². The van der Waals surface area contributed by atoms with Crippen LogP contribution < -0.4 is 0 Å². The van der Waals surface area contributed by atoms with E-state index in [-0.39, 0.29) is 6.10 Å². The lowest BCUT2D eigenvalue weighted by Crippen LogP contribution is -2.17. The van der Waals surface area contributed by atoms with Crippen molar-refractivity contribution < 1.29 is 19.8 Å². The van der Waals surface area contributed by atoms with Gasteiger partial charge in [-0.3, -0.25) is 9.59 Å². The van der Waals surface area contributed by atoms with E-state index in [1.165, 1.54) is 4.90 Å². The number of nitrogens with zero attached hydrogens (tertiary/aromatic N) is 2. The molecule has 0 aromatic rings. The van der Waals surface area contributed by atoms with Gasteiger partial charge in [0.15, 0.2) is 0 Å². The highest BCUT2D eigenvalue weighted by Gasteiger charge is 2.14. The molecule has 0 unspecified atom stereocenters. The summed E-state index contributed by atoms with van der Waals surface area (Å²) < 4.78 is 0. The van der Waals surface area contributed by atoms with Gasteiger partial charge < -0.3 is 20.0 Å². The number of rotatable bonds is 1. The molecule has 0 spiro atoms. The first-order valence-electron chi connectivity index (χ1n) is 5.79. The summed E-state index contributed by atoms with van der Waals surface area (Å²) in [5, 5.41) is 15.1. The van der Waals surface area contributed by atoms with Gasteiger partial charge in [0.1, 0.15) is 0 Å². The van der Waals surface area contributed by atoms with E-state index in [1.54, 1.807) is 32.8 Å².